The lowest BCUT2D eigenvalue weighted by Gasteiger charge is -2.04. The van der Waals surface area contributed by atoms with E-state index in [-0.39, 0.29) is 12.0 Å². The van der Waals surface area contributed by atoms with Gasteiger partial charge >= 0.3 is 0 Å². The smallest absolute Gasteiger partial charge is 0.200 e. The molecule has 19 heavy (non-hydrogen) atoms. The first kappa shape index (κ1) is 11.7. The molecule has 4 heteroatoms. The minimum atomic E-state index is -0.120. The van der Waals surface area contributed by atoms with E-state index in [1.807, 2.05) is 0 Å². The zero-order chi connectivity index (χ0) is 13.4. The van der Waals surface area contributed by atoms with Crippen LogP contribution in [0.2, 0.25) is 0 Å². The predicted molar refractivity (Wildman–Crippen MR) is 72.5 cm³/mol. The van der Waals surface area contributed by atoms with Crippen LogP contribution in [-0.4, -0.2) is 12.2 Å². The number of ether oxygens (including phenoxy) is 1. The van der Waals surface area contributed by atoms with Gasteiger partial charge in [-0.1, -0.05) is 6.07 Å². The van der Waals surface area contributed by atoms with Crippen LogP contribution < -0.4 is 10.2 Å². The number of benzene rings is 2. The molecule has 0 amide bonds. The SMILES string of the molecule is COc1ccc2oc3ccc(CO)cc3c(=O)c2c1. The molecule has 4 nitrogen and oxygen atoms in total. The summed E-state index contributed by atoms with van der Waals surface area (Å²) < 4.78 is 10.8. The van der Waals surface area contributed by atoms with Crippen molar-refractivity contribution in [1.82, 2.24) is 0 Å². The van der Waals surface area contributed by atoms with Crippen LogP contribution in [0.3, 0.4) is 0 Å². The fourth-order valence-corrected chi connectivity index (χ4v) is 2.11. The second-order valence-corrected chi connectivity index (χ2v) is 4.28. The van der Waals surface area contributed by atoms with Gasteiger partial charge in [-0.15, -0.1) is 0 Å². The Kier molecular flexibility index (Phi) is 2.72. The predicted octanol–water partition coefficient (Wildman–Crippen LogP) is 2.45. The van der Waals surface area contributed by atoms with Crippen LogP contribution in [-0.2, 0) is 6.61 Å². The Morgan fingerprint density at radius 1 is 1.11 bits per heavy atom. The number of fused-ring (bicyclic) bond motifs is 2. The average molecular weight is 256 g/mol. The van der Waals surface area contributed by atoms with Gasteiger partial charge in [-0.3, -0.25) is 4.79 Å². The van der Waals surface area contributed by atoms with E-state index in [1.165, 1.54) is 0 Å². The first-order chi connectivity index (χ1) is 9.22. The molecule has 0 saturated heterocycles. The molecule has 0 aliphatic rings. The van der Waals surface area contributed by atoms with E-state index in [0.29, 0.717) is 33.3 Å². The molecule has 3 aromatic rings. The molecule has 0 aliphatic carbocycles. The van der Waals surface area contributed by atoms with Gasteiger partial charge < -0.3 is 14.3 Å². The van der Waals surface area contributed by atoms with Crippen molar-refractivity contribution in [2.24, 2.45) is 0 Å². The molecule has 3 rings (SSSR count). The molecule has 0 saturated carbocycles. The lowest BCUT2D eigenvalue weighted by atomic mass is 10.1. The second-order valence-electron chi connectivity index (χ2n) is 4.28. The van der Waals surface area contributed by atoms with Gasteiger partial charge in [0.15, 0.2) is 0 Å². The molecular weight excluding hydrogens is 244 g/mol. The molecule has 0 spiro atoms. The topological polar surface area (TPSA) is 59.7 Å². The maximum Gasteiger partial charge on any atom is 0.200 e. The Morgan fingerprint density at radius 2 is 1.79 bits per heavy atom. The summed E-state index contributed by atoms with van der Waals surface area (Å²) in [6.07, 6.45) is 0. The molecular formula is C15H12O4. The Morgan fingerprint density at radius 3 is 2.47 bits per heavy atom. The third-order valence-corrected chi connectivity index (χ3v) is 3.12. The molecule has 2 aromatic carbocycles. The number of hydrogen-bond donors (Lipinski definition) is 1. The molecule has 0 radical (unpaired) electrons. The van der Waals surface area contributed by atoms with Gasteiger partial charge in [-0.25, -0.2) is 0 Å². The van der Waals surface area contributed by atoms with Crippen molar-refractivity contribution in [1.29, 1.82) is 0 Å². The number of methoxy groups -OCH3 is 1. The molecule has 0 unspecified atom stereocenters. The van der Waals surface area contributed by atoms with E-state index in [0.717, 1.165) is 0 Å². The maximum atomic E-state index is 12.4. The molecule has 1 aromatic heterocycles. The van der Waals surface area contributed by atoms with E-state index in [4.69, 9.17) is 14.3 Å². The van der Waals surface area contributed by atoms with Gasteiger partial charge in [0.1, 0.15) is 16.9 Å². The van der Waals surface area contributed by atoms with Crippen LogP contribution >= 0.6 is 0 Å². The molecule has 0 fully saturated rings. The second kappa shape index (κ2) is 4.40. The van der Waals surface area contributed by atoms with Crippen molar-refractivity contribution >= 4 is 21.9 Å². The van der Waals surface area contributed by atoms with Crippen molar-refractivity contribution in [3.63, 3.8) is 0 Å². The average Bonchev–Trinajstić information content (AvgIpc) is 2.47. The highest BCUT2D eigenvalue weighted by atomic mass is 16.5. The zero-order valence-electron chi connectivity index (χ0n) is 10.3. The van der Waals surface area contributed by atoms with Gasteiger partial charge in [-0.2, -0.15) is 0 Å². The Balaban J connectivity index is 2.43. The quantitative estimate of drug-likeness (QED) is 0.715. The summed E-state index contributed by atoms with van der Waals surface area (Å²) in [5.74, 6) is 0.609. The molecule has 0 atom stereocenters. The van der Waals surface area contributed by atoms with Crippen molar-refractivity contribution in [2.45, 2.75) is 6.61 Å². The summed E-state index contributed by atoms with van der Waals surface area (Å²) in [4.78, 5) is 12.4. The van der Waals surface area contributed by atoms with Crippen LogP contribution in [0.4, 0.5) is 0 Å². The number of aliphatic hydroxyl groups excluding tert-OH is 1. The maximum absolute atomic E-state index is 12.4. The van der Waals surface area contributed by atoms with Gasteiger partial charge in [0, 0.05) is 0 Å². The van der Waals surface area contributed by atoms with Crippen molar-refractivity contribution in [2.75, 3.05) is 7.11 Å². The van der Waals surface area contributed by atoms with Crippen LogP contribution in [0, 0.1) is 0 Å². The molecule has 96 valence electrons. The van der Waals surface area contributed by atoms with Crippen molar-refractivity contribution in [3.8, 4) is 5.75 Å². The van der Waals surface area contributed by atoms with Gasteiger partial charge in [0.05, 0.1) is 24.5 Å². The summed E-state index contributed by atoms with van der Waals surface area (Å²) in [6.45, 7) is -0.106. The highest BCUT2D eigenvalue weighted by molar-refractivity contribution is 5.90. The Bertz CT molecular complexity index is 752. The molecule has 0 bridgehead atoms. The van der Waals surface area contributed by atoms with Crippen molar-refractivity contribution < 1.29 is 14.3 Å². The summed E-state index contributed by atoms with van der Waals surface area (Å²) in [5, 5.41) is 10.1. The van der Waals surface area contributed by atoms with E-state index in [1.54, 1.807) is 43.5 Å². The first-order valence-electron chi connectivity index (χ1n) is 5.87. The van der Waals surface area contributed by atoms with Gasteiger partial charge in [-0.05, 0) is 35.9 Å². The molecule has 1 heterocycles. The first-order valence-corrected chi connectivity index (χ1v) is 5.87. The van der Waals surface area contributed by atoms with Crippen LogP contribution in [0.25, 0.3) is 21.9 Å². The van der Waals surface area contributed by atoms with Crippen LogP contribution in [0.15, 0.2) is 45.6 Å². The van der Waals surface area contributed by atoms with E-state index >= 15 is 0 Å². The minimum absolute atomic E-state index is 0.106. The minimum Gasteiger partial charge on any atom is -0.497 e. The summed E-state index contributed by atoms with van der Waals surface area (Å²) in [7, 11) is 1.55. The van der Waals surface area contributed by atoms with Gasteiger partial charge in [0.25, 0.3) is 0 Å². The third-order valence-electron chi connectivity index (χ3n) is 3.12. The van der Waals surface area contributed by atoms with E-state index in [2.05, 4.69) is 0 Å². The van der Waals surface area contributed by atoms with Crippen LogP contribution in [0.1, 0.15) is 5.56 Å². The lowest BCUT2D eigenvalue weighted by molar-refractivity contribution is 0.282. The molecule has 1 N–H and O–H groups in total. The number of rotatable bonds is 2. The Labute approximate surface area is 108 Å². The summed E-state index contributed by atoms with van der Waals surface area (Å²) in [6, 6.07) is 10.2. The number of hydrogen-bond acceptors (Lipinski definition) is 4. The lowest BCUT2D eigenvalue weighted by Crippen LogP contribution is -2.03. The van der Waals surface area contributed by atoms with Gasteiger partial charge in [0.2, 0.25) is 5.43 Å². The van der Waals surface area contributed by atoms with Crippen LogP contribution in [0.5, 0.6) is 5.75 Å². The largest absolute Gasteiger partial charge is 0.497 e. The van der Waals surface area contributed by atoms with E-state index < -0.39 is 0 Å². The molecule has 0 aliphatic heterocycles. The highest BCUT2D eigenvalue weighted by Crippen LogP contribution is 2.23. The fourth-order valence-electron chi connectivity index (χ4n) is 2.11. The fraction of sp³-hybridized carbons (Fsp3) is 0.133. The summed E-state index contributed by atoms with van der Waals surface area (Å²) >= 11 is 0. The normalized spacial score (nSPS) is 11.1. The monoisotopic (exact) mass is 256 g/mol. The standard InChI is InChI=1S/C15H12O4/c1-18-10-3-5-14-12(7-10)15(17)11-6-9(8-16)2-4-13(11)19-14/h2-7,16H,8H2,1H3. The zero-order valence-corrected chi connectivity index (χ0v) is 10.3. The number of aliphatic hydroxyl groups is 1. The highest BCUT2D eigenvalue weighted by Gasteiger charge is 2.09. The van der Waals surface area contributed by atoms with Crippen molar-refractivity contribution in [3.05, 3.63) is 52.2 Å². The third kappa shape index (κ3) is 1.86. The Hall–Kier alpha value is -2.33. The summed E-state index contributed by atoms with van der Waals surface area (Å²) in [5.41, 5.74) is 1.60. The van der Waals surface area contributed by atoms with E-state index in [9.17, 15) is 4.79 Å².